The number of hydrogen-bond donors (Lipinski definition) is 0. The van der Waals surface area contributed by atoms with Crippen molar-refractivity contribution in [3.63, 3.8) is 0 Å². The second-order valence-electron chi connectivity index (χ2n) is 6.99. The largest absolute Gasteiger partial charge is 0.0901 e. The molecule has 136 valence electrons. The zero-order chi connectivity index (χ0) is 17.6. The van der Waals surface area contributed by atoms with Gasteiger partial charge in [0, 0.05) is 9.79 Å². The summed E-state index contributed by atoms with van der Waals surface area (Å²) in [5.74, 6) is 0. The Hall–Kier alpha value is -1.21. The summed E-state index contributed by atoms with van der Waals surface area (Å²) in [5, 5.41) is 0. The van der Waals surface area contributed by atoms with E-state index in [0.717, 1.165) is 0 Å². The minimum atomic E-state index is 1.23. The van der Waals surface area contributed by atoms with Crippen LogP contribution >= 0.6 is 11.8 Å². The van der Waals surface area contributed by atoms with Gasteiger partial charge in [0.05, 0.1) is 0 Å². The molecule has 0 saturated carbocycles. The molecule has 0 heterocycles. The molecule has 0 amide bonds. The molecule has 0 fully saturated rings. The molecular weight excluding hydrogens is 320 g/mol. The van der Waals surface area contributed by atoms with Crippen molar-refractivity contribution in [3.8, 4) is 0 Å². The Morgan fingerprint density at radius 1 is 0.560 bits per heavy atom. The molecule has 0 radical (unpaired) electrons. The number of aryl methyl sites for hydroxylation is 1. The molecule has 25 heavy (non-hydrogen) atoms. The van der Waals surface area contributed by atoms with E-state index in [1.54, 1.807) is 0 Å². The normalized spacial score (nSPS) is 10.9. The van der Waals surface area contributed by atoms with Crippen molar-refractivity contribution >= 4 is 11.8 Å². The summed E-state index contributed by atoms with van der Waals surface area (Å²) < 4.78 is 0. The summed E-state index contributed by atoms with van der Waals surface area (Å²) in [6, 6.07) is 19.7. The molecule has 0 aliphatic heterocycles. The molecule has 0 N–H and O–H groups in total. The molecule has 1 heteroatoms. The lowest BCUT2D eigenvalue weighted by Crippen LogP contribution is -1.87. The predicted octanol–water partition coefficient (Wildman–Crippen LogP) is 8.30. The van der Waals surface area contributed by atoms with Gasteiger partial charge >= 0.3 is 0 Å². The highest BCUT2D eigenvalue weighted by Gasteiger charge is 1.98. The van der Waals surface area contributed by atoms with Crippen molar-refractivity contribution in [2.24, 2.45) is 0 Å². The van der Waals surface area contributed by atoms with Crippen molar-refractivity contribution in [1.29, 1.82) is 0 Å². The van der Waals surface area contributed by atoms with Gasteiger partial charge in [-0.15, -0.1) is 0 Å². The zero-order valence-electron chi connectivity index (χ0n) is 15.9. The van der Waals surface area contributed by atoms with Crippen molar-refractivity contribution in [2.75, 3.05) is 0 Å². The molecule has 0 saturated heterocycles. The van der Waals surface area contributed by atoms with Gasteiger partial charge in [0.15, 0.2) is 0 Å². The second-order valence-corrected chi connectivity index (χ2v) is 8.14. The average Bonchev–Trinajstić information content (AvgIpc) is 2.65. The van der Waals surface area contributed by atoms with Gasteiger partial charge in [-0.05, 0) is 42.7 Å². The van der Waals surface area contributed by atoms with E-state index in [-0.39, 0.29) is 0 Å². The molecule has 0 aromatic heterocycles. The average molecular weight is 355 g/mol. The Kier molecular flexibility index (Phi) is 10.5. The standard InChI is InChI=1S/C24H34S/c1-2-3-4-5-6-7-8-9-10-12-15-22-18-20-24(21-19-22)25-23-16-13-11-14-17-23/h11,13-14,16-21H,2-10,12,15H2,1H3. The highest BCUT2D eigenvalue weighted by Crippen LogP contribution is 2.27. The maximum Gasteiger partial charge on any atom is 0.0122 e. The number of benzene rings is 2. The van der Waals surface area contributed by atoms with Gasteiger partial charge < -0.3 is 0 Å². The predicted molar refractivity (Wildman–Crippen MR) is 113 cm³/mol. The number of hydrogen-bond acceptors (Lipinski definition) is 1. The minimum Gasteiger partial charge on any atom is -0.0901 e. The van der Waals surface area contributed by atoms with Crippen LogP contribution in [0.15, 0.2) is 64.4 Å². The zero-order valence-corrected chi connectivity index (χ0v) is 16.7. The summed E-state index contributed by atoms with van der Waals surface area (Å²) in [5.41, 5.74) is 1.48. The fourth-order valence-electron chi connectivity index (χ4n) is 3.17. The van der Waals surface area contributed by atoms with Crippen molar-refractivity contribution in [1.82, 2.24) is 0 Å². The van der Waals surface area contributed by atoms with Gasteiger partial charge in [0.1, 0.15) is 0 Å². The molecule has 2 rings (SSSR count). The van der Waals surface area contributed by atoms with Crippen molar-refractivity contribution in [3.05, 3.63) is 60.2 Å². The van der Waals surface area contributed by atoms with Crippen LogP contribution in [0.25, 0.3) is 0 Å². The lowest BCUT2D eigenvalue weighted by atomic mass is 10.0. The van der Waals surface area contributed by atoms with Gasteiger partial charge in [-0.3, -0.25) is 0 Å². The SMILES string of the molecule is CCCCCCCCCCCCc1ccc(Sc2ccccc2)cc1. The molecule has 0 spiro atoms. The van der Waals surface area contributed by atoms with Crippen LogP contribution in [-0.2, 0) is 6.42 Å². The molecule has 0 bridgehead atoms. The first kappa shape index (κ1) is 20.1. The van der Waals surface area contributed by atoms with E-state index in [1.165, 1.54) is 86.0 Å². The summed E-state index contributed by atoms with van der Waals surface area (Å²) >= 11 is 1.84. The van der Waals surface area contributed by atoms with Crippen LogP contribution in [0.1, 0.15) is 76.7 Å². The molecule has 0 unspecified atom stereocenters. The number of unbranched alkanes of at least 4 members (excludes halogenated alkanes) is 9. The Labute approximate surface area is 159 Å². The van der Waals surface area contributed by atoms with Gasteiger partial charge in [0.2, 0.25) is 0 Å². The van der Waals surface area contributed by atoms with E-state index in [9.17, 15) is 0 Å². The molecule has 0 aliphatic rings. The molecule has 0 aliphatic carbocycles. The van der Waals surface area contributed by atoms with Crippen LogP contribution in [-0.4, -0.2) is 0 Å². The van der Waals surface area contributed by atoms with Crippen LogP contribution in [0.2, 0.25) is 0 Å². The number of rotatable bonds is 13. The monoisotopic (exact) mass is 354 g/mol. The van der Waals surface area contributed by atoms with Crippen LogP contribution in [0.3, 0.4) is 0 Å². The van der Waals surface area contributed by atoms with Crippen LogP contribution in [0.5, 0.6) is 0 Å². The smallest absolute Gasteiger partial charge is 0.0122 e. The first-order chi connectivity index (χ1) is 12.4. The van der Waals surface area contributed by atoms with E-state index in [2.05, 4.69) is 61.5 Å². The summed E-state index contributed by atoms with van der Waals surface area (Å²) in [6.45, 7) is 2.29. The van der Waals surface area contributed by atoms with E-state index in [4.69, 9.17) is 0 Å². The van der Waals surface area contributed by atoms with Gasteiger partial charge in [-0.25, -0.2) is 0 Å². The Balaban J connectivity index is 1.53. The van der Waals surface area contributed by atoms with Crippen LogP contribution in [0.4, 0.5) is 0 Å². The first-order valence-electron chi connectivity index (χ1n) is 10.2. The topological polar surface area (TPSA) is 0 Å². The Bertz CT molecular complexity index is 544. The maximum absolute atomic E-state index is 2.30. The van der Waals surface area contributed by atoms with E-state index >= 15 is 0 Å². The van der Waals surface area contributed by atoms with Crippen LogP contribution < -0.4 is 0 Å². The minimum absolute atomic E-state index is 1.23. The Morgan fingerprint density at radius 3 is 1.68 bits per heavy atom. The summed E-state index contributed by atoms with van der Waals surface area (Å²) in [7, 11) is 0. The van der Waals surface area contributed by atoms with Crippen molar-refractivity contribution < 1.29 is 0 Å². The fraction of sp³-hybridized carbons (Fsp3) is 0.500. The molecule has 2 aromatic rings. The van der Waals surface area contributed by atoms with Gasteiger partial charge in [0.25, 0.3) is 0 Å². The third-order valence-corrected chi connectivity index (χ3v) is 5.74. The molecule has 0 nitrogen and oxygen atoms in total. The lowest BCUT2D eigenvalue weighted by molar-refractivity contribution is 0.556. The Morgan fingerprint density at radius 2 is 1.08 bits per heavy atom. The second kappa shape index (κ2) is 13.1. The van der Waals surface area contributed by atoms with E-state index in [0.29, 0.717) is 0 Å². The quantitative estimate of drug-likeness (QED) is 0.326. The molecular formula is C24H34S. The fourth-order valence-corrected chi connectivity index (χ4v) is 4.00. The highest BCUT2D eigenvalue weighted by molar-refractivity contribution is 7.99. The third-order valence-electron chi connectivity index (χ3n) is 4.72. The first-order valence-corrected chi connectivity index (χ1v) is 11.0. The lowest BCUT2D eigenvalue weighted by Gasteiger charge is -2.05. The van der Waals surface area contributed by atoms with E-state index < -0.39 is 0 Å². The summed E-state index contributed by atoms with van der Waals surface area (Å²) in [4.78, 5) is 2.64. The van der Waals surface area contributed by atoms with Gasteiger partial charge in [-0.2, -0.15) is 0 Å². The van der Waals surface area contributed by atoms with Crippen molar-refractivity contribution in [2.45, 2.75) is 87.3 Å². The molecule has 0 atom stereocenters. The highest BCUT2D eigenvalue weighted by atomic mass is 32.2. The maximum atomic E-state index is 2.30. The third kappa shape index (κ3) is 9.16. The van der Waals surface area contributed by atoms with Gasteiger partial charge in [-0.1, -0.05) is 107 Å². The van der Waals surface area contributed by atoms with Crippen LogP contribution in [0, 0.1) is 0 Å². The molecule has 2 aromatic carbocycles. The van der Waals surface area contributed by atoms with E-state index in [1.807, 2.05) is 11.8 Å². The summed E-state index contributed by atoms with van der Waals surface area (Å²) in [6.07, 6.45) is 15.3.